The summed E-state index contributed by atoms with van der Waals surface area (Å²) in [5.41, 5.74) is 1.54. The van der Waals surface area contributed by atoms with Gasteiger partial charge in [0.05, 0.1) is 12.7 Å². The zero-order valence-electron chi connectivity index (χ0n) is 9.71. The van der Waals surface area contributed by atoms with Crippen molar-refractivity contribution in [2.75, 3.05) is 13.2 Å². The van der Waals surface area contributed by atoms with Crippen LogP contribution in [-0.2, 0) is 16.1 Å². The van der Waals surface area contributed by atoms with Crippen LogP contribution in [0, 0.1) is 0 Å². The largest absolute Gasteiger partial charge is 0.488 e. The average molecular weight is 236 g/mol. The molecule has 1 aromatic rings. The second-order valence-electron chi connectivity index (χ2n) is 4.24. The van der Waals surface area contributed by atoms with Crippen LogP contribution in [0.2, 0.25) is 0 Å². The highest BCUT2D eigenvalue weighted by atomic mass is 16.5. The number of hydrogen-bond acceptors (Lipinski definition) is 4. The molecule has 1 fully saturated rings. The van der Waals surface area contributed by atoms with Gasteiger partial charge in [-0.2, -0.15) is 0 Å². The fourth-order valence-electron chi connectivity index (χ4n) is 1.84. The van der Waals surface area contributed by atoms with Crippen molar-refractivity contribution >= 4 is 12.6 Å². The smallest absolute Gasteiger partial charge is 0.423 e. The number of benzene rings is 1. The molecule has 1 aliphatic heterocycles. The summed E-state index contributed by atoms with van der Waals surface area (Å²) in [7, 11) is -1.40. The standard InChI is InChI=1S/C12H17BO4/c14-13(15)11-3-1-10(2-4-11)9-17-12-5-7-16-8-6-12/h1-4,12,14-15H,5-9H2. The van der Waals surface area contributed by atoms with E-state index in [1.165, 1.54) is 0 Å². The van der Waals surface area contributed by atoms with Gasteiger partial charge in [-0.15, -0.1) is 0 Å². The van der Waals surface area contributed by atoms with Crippen LogP contribution in [0.25, 0.3) is 0 Å². The molecule has 2 rings (SSSR count). The first kappa shape index (κ1) is 12.6. The van der Waals surface area contributed by atoms with Gasteiger partial charge in [0, 0.05) is 13.2 Å². The minimum atomic E-state index is -1.40. The molecule has 4 nitrogen and oxygen atoms in total. The molecule has 2 N–H and O–H groups in total. The zero-order chi connectivity index (χ0) is 12.1. The van der Waals surface area contributed by atoms with Crippen molar-refractivity contribution in [1.29, 1.82) is 0 Å². The summed E-state index contributed by atoms with van der Waals surface area (Å²) in [4.78, 5) is 0. The summed E-state index contributed by atoms with van der Waals surface area (Å²) in [6, 6.07) is 7.11. The maximum absolute atomic E-state index is 8.96. The van der Waals surface area contributed by atoms with Crippen molar-refractivity contribution < 1.29 is 19.5 Å². The summed E-state index contributed by atoms with van der Waals surface area (Å²) < 4.78 is 11.0. The second-order valence-corrected chi connectivity index (χ2v) is 4.24. The van der Waals surface area contributed by atoms with Gasteiger partial charge in [-0.1, -0.05) is 24.3 Å². The zero-order valence-corrected chi connectivity index (χ0v) is 9.71. The highest BCUT2D eigenvalue weighted by molar-refractivity contribution is 6.58. The molecule has 1 aliphatic rings. The van der Waals surface area contributed by atoms with E-state index < -0.39 is 7.12 Å². The third-order valence-electron chi connectivity index (χ3n) is 2.93. The number of rotatable bonds is 4. The summed E-state index contributed by atoms with van der Waals surface area (Å²) in [6.07, 6.45) is 2.19. The lowest BCUT2D eigenvalue weighted by Crippen LogP contribution is -2.29. The maximum Gasteiger partial charge on any atom is 0.488 e. The monoisotopic (exact) mass is 236 g/mol. The lowest BCUT2D eigenvalue weighted by atomic mass is 9.80. The van der Waals surface area contributed by atoms with Gasteiger partial charge in [-0.05, 0) is 23.9 Å². The summed E-state index contributed by atoms with van der Waals surface area (Å²) in [6.45, 7) is 2.12. The van der Waals surface area contributed by atoms with Crippen molar-refractivity contribution in [2.24, 2.45) is 0 Å². The van der Waals surface area contributed by atoms with Crippen LogP contribution in [0.3, 0.4) is 0 Å². The molecule has 1 heterocycles. The Morgan fingerprint density at radius 1 is 1.18 bits per heavy atom. The topological polar surface area (TPSA) is 58.9 Å². The maximum atomic E-state index is 8.96. The van der Waals surface area contributed by atoms with Crippen LogP contribution in [0.15, 0.2) is 24.3 Å². The van der Waals surface area contributed by atoms with Gasteiger partial charge in [0.25, 0.3) is 0 Å². The lowest BCUT2D eigenvalue weighted by molar-refractivity contribution is -0.0390. The van der Waals surface area contributed by atoms with E-state index in [2.05, 4.69) is 0 Å². The third kappa shape index (κ3) is 3.82. The van der Waals surface area contributed by atoms with Gasteiger partial charge in [0.15, 0.2) is 0 Å². The van der Waals surface area contributed by atoms with E-state index in [1.807, 2.05) is 12.1 Å². The molecule has 0 bridgehead atoms. The molecule has 5 heteroatoms. The van der Waals surface area contributed by atoms with E-state index in [0.29, 0.717) is 12.1 Å². The molecule has 0 spiro atoms. The van der Waals surface area contributed by atoms with Crippen molar-refractivity contribution in [3.8, 4) is 0 Å². The fourth-order valence-corrected chi connectivity index (χ4v) is 1.84. The predicted octanol–water partition coefficient (Wildman–Crippen LogP) is 0.0620. The Bertz CT molecular complexity index is 333. The van der Waals surface area contributed by atoms with Crippen molar-refractivity contribution in [1.82, 2.24) is 0 Å². The SMILES string of the molecule is OB(O)c1ccc(COC2CCOCC2)cc1. The lowest BCUT2D eigenvalue weighted by Gasteiger charge is -2.22. The van der Waals surface area contributed by atoms with E-state index in [0.717, 1.165) is 31.6 Å². The predicted molar refractivity (Wildman–Crippen MR) is 64.9 cm³/mol. The van der Waals surface area contributed by atoms with Gasteiger partial charge in [-0.3, -0.25) is 0 Å². The number of hydrogen-bond donors (Lipinski definition) is 2. The van der Waals surface area contributed by atoms with Gasteiger partial charge in [-0.25, -0.2) is 0 Å². The normalized spacial score (nSPS) is 17.1. The molecule has 0 aliphatic carbocycles. The molecule has 1 aromatic carbocycles. The molecule has 1 saturated heterocycles. The Morgan fingerprint density at radius 2 is 1.82 bits per heavy atom. The van der Waals surface area contributed by atoms with Crippen molar-refractivity contribution in [3.63, 3.8) is 0 Å². The molecular formula is C12H17BO4. The Morgan fingerprint density at radius 3 is 2.41 bits per heavy atom. The quantitative estimate of drug-likeness (QED) is 0.726. The third-order valence-corrected chi connectivity index (χ3v) is 2.93. The van der Waals surface area contributed by atoms with Gasteiger partial charge in [0.1, 0.15) is 0 Å². The Labute approximate surface area is 101 Å². The second kappa shape index (κ2) is 6.16. The van der Waals surface area contributed by atoms with E-state index in [-0.39, 0.29) is 6.10 Å². The Hall–Kier alpha value is -0.875. The summed E-state index contributed by atoms with van der Waals surface area (Å²) in [5.74, 6) is 0. The summed E-state index contributed by atoms with van der Waals surface area (Å²) >= 11 is 0. The first-order valence-electron chi connectivity index (χ1n) is 5.90. The highest BCUT2D eigenvalue weighted by Gasteiger charge is 2.14. The molecular weight excluding hydrogens is 219 g/mol. The van der Waals surface area contributed by atoms with Crippen LogP contribution in [-0.4, -0.2) is 36.5 Å². The molecule has 0 unspecified atom stereocenters. The fraction of sp³-hybridized carbons (Fsp3) is 0.500. The highest BCUT2D eigenvalue weighted by Crippen LogP contribution is 2.12. The van der Waals surface area contributed by atoms with E-state index in [4.69, 9.17) is 19.5 Å². The van der Waals surface area contributed by atoms with Crippen LogP contribution in [0.4, 0.5) is 0 Å². The van der Waals surface area contributed by atoms with Gasteiger partial charge in [0.2, 0.25) is 0 Å². The molecule has 0 aromatic heterocycles. The molecule has 17 heavy (non-hydrogen) atoms. The Kier molecular flexibility index (Phi) is 4.56. The first-order valence-corrected chi connectivity index (χ1v) is 5.90. The van der Waals surface area contributed by atoms with Crippen LogP contribution >= 0.6 is 0 Å². The molecule has 0 radical (unpaired) electrons. The minimum Gasteiger partial charge on any atom is -0.423 e. The van der Waals surface area contributed by atoms with Crippen LogP contribution in [0.1, 0.15) is 18.4 Å². The molecule has 92 valence electrons. The average Bonchev–Trinajstić information content (AvgIpc) is 2.38. The van der Waals surface area contributed by atoms with Gasteiger partial charge >= 0.3 is 7.12 Å². The molecule has 0 saturated carbocycles. The first-order chi connectivity index (χ1) is 8.25. The summed E-state index contributed by atoms with van der Waals surface area (Å²) in [5, 5.41) is 17.9. The van der Waals surface area contributed by atoms with Crippen molar-refractivity contribution in [3.05, 3.63) is 29.8 Å². The van der Waals surface area contributed by atoms with E-state index in [9.17, 15) is 0 Å². The van der Waals surface area contributed by atoms with Crippen molar-refractivity contribution in [2.45, 2.75) is 25.6 Å². The molecule has 0 amide bonds. The van der Waals surface area contributed by atoms with E-state index >= 15 is 0 Å². The van der Waals surface area contributed by atoms with Crippen LogP contribution < -0.4 is 5.46 Å². The van der Waals surface area contributed by atoms with Crippen LogP contribution in [0.5, 0.6) is 0 Å². The minimum absolute atomic E-state index is 0.284. The van der Waals surface area contributed by atoms with E-state index in [1.54, 1.807) is 12.1 Å². The van der Waals surface area contributed by atoms with Gasteiger partial charge < -0.3 is 19.5 Å². The number of ether oxygens (including phenoxy) is 2. The Balaban J connectivity index is 1.82. The molecule has 0 atom stereocenters.